The normalized spacial score (nSPS) is 21.9. The number of carbonyl (C=O) groups is 3. The minimum absolute atomic E-state index is 0.0129. The molecule has 2 aromatic rings. The average molecular weight is 425 g/mol. The third-order valence-corrected chi connectivity index (χ3v) is 5.92. The van der Waals surface area contributed by atoms with E-state index < -0.39 is 17.7 Å². The molecule has 7 nitrogen and oxygen atoms in total. The van der Waals surface area contributed by atoms with Crippen LogP contribution >= 0.6 is 0 Å². The minimum atomic E-state index is -0.699. The van der Waals surface area contributed by atoms with E-state index in [1.54, 1.807) is 25.1 Å². The first kappa shape index (κ1) is 19.5. The van der Waals surface area contributed by atoms with E-state index in [2.05, 4.69) is 0 Å². The molecule has 0 spiro atoms. The van der Waals surface area contributed by atoms with E-state index in [4.69, 9.17) is 14.2 Å². The third-order valence-electron chi connectivity index (χ3n) is 5.92. The molecule has 2 unspecified atom stereocenters. The van der Waals surface area contributed by atoms with Gasteiger partial charge in [0.15, 0.2) is 17.3 Å². The summed E-state index contributed by atoms with van der Waals surface area (Å²) in [4.78, 5) is 39.2. The molecule has 2 aromatic carbocycles. The Bertz CT molecular complexity index is 1110. The minimum Gasteiger partial charge on any atom is -0.486 e. The summed E-state index contributed by atoms with van der Waals surface area (Å²) in [5.41, 5.74) is 1.03. The molecule has 0 N–H and O–H groups in total. The van der Waals surface area contributed by atoms with Gasteiger partial charge in [-0.2, -0.15) is 0 Å². The number of hydrogen-bond acceptors (Lipinski definition) is 6. The van der Waals surface area contributed by atoms with Crippen LogP contribution in [0, 0.1) is 11.7 Å². The second kappa shape index (κ2) is 7.37. The van der Waals surface area contributed by atoms with Gasteiger partial charge in [-0.15, -0.1) is 0 Å². The quantitative estimate of drug-likeness (QED) is 0.555. The largest absolute Gasteiger partial charge is 0.486 e. The summed E-state index contributed by atoms with van der Waals surface area (Å²) in [6.07, 6.45) is 0.168. The standard InChI is InChI=1S/C23H20FNO6/c1-12-8-16(26)22-18(5-3-15(24)21(12)22)31-23(28)13-9-20(27)25(11-13)14-2-4-17-19(10-14)30-7-6-29-17/h2-5,10,12-13H,6-9,11H2,1H3. The number of ether oxygens (including phenoxy) is 3. The lowest BCUT2D eigenvalue weighted by atomic mass is 10.0. The lowest BCUT2D eigenvalue weighted by Gasteiger charge is -2.22. The Balaban J connectivity index is 1.34. The summed E-state index contributed by atoms with van der Waals surface area (Å²) in [6.45, 7) is 2.81. The SMILES string of the molecule is CC1CC(=O)c2c(OC(=O)C3CC(=O)N(c4ccc5c(c4)OCCO5)C3)ccc(F)c21. The van der Waals surface area contributed by atoms with Crippen molar-refractivity contribution in [1.29, 1.82) is 0 Å². The van der Waals surface area contributed by atoms with Crippen molar-refractivity contribution < 1.29 is 33.0 Å². The van der Waals surface area contributed by atoms with Crippen LogP contribution in [0.1, 0.15) is 41.6 Å². The van der Waals surface area contributed by atoms with E-state index in [-0.39, 0.29) is 53.9 Å². The van der Waals surface area contributed by atoms with Crippen LogP contribution in [0.15, 0.2) is 30.3 Å². The lowest BCUT2D eigenvalue weighted by Crippen LogP contribution is -2.27. The van der Waals surface area contributed by atoms with Crippen molar-refractivity contribution in [3.63, 3.8) is 0 Å². The number of anilines is 1. The van der Waals surface area contributed by atoms with Gasteiger partial charge in [0.25, 0.3) is 0 Å². The molecule has 1 amide bonds. The van der Waals surface area contributed by atoms with Gasteiger partial charge in [-0.05, 0) is 30.2 Å². The van der Waals surface area contributed by atoms with Crippen LogP contribution in [0.4, 0.5) is 10.1 Å². The van der Waals surface area contributed by atoms with E-state index in [0.29, 0.717) is 30.4 Å². The number of amides is 1. The van der Waals surface area contributed by atoms with E-state index in [1.807, 2.05) is 0 Å². The van der Waals surface area contributed by atoms with Gasteiger partial charge < -0.3 is 19.1 Å². The molecule has 1 fully saturated rings. The van der Waals surface area contributed by atoms with Crippen molar-refractivity contribution in [2.24, 2.45) is 5.92 Å². The molecule has 0 aromatic heterocycles. The number of halogens is 1. The Morgan fingerprint density at radius 2 is 1.87 bits per heavy atom. The molecule has 160 valence electrons. The predicted octanol–water partition coefficient (Wildman–Crippen LogP) is 3.25. The number of nitrogens with zero attached hydrogens (tertiary/aromatic N) is 1. The predicted molar refractivity (Wildman–Crippen MR) is 107 cm³/mol. The summed E-state index contributed by atoms with van der Waals surface area (Å²) < 4.78 is 30.7. The fraction of sp³-hybridized carbons (Fsp3) is 0.348. The molecule has 0 bridgehead atoms. The van der Waals surface area contributed by atoms with Gasteiger partial charge in [0.1, 0.15) is 24.8 Å². The summed E-state index contributed by atoms with van der Waals surface area (Å²) in [6, 6.07) is 7.70. The van der Waals surface area contributed by atoms with Crippen molar-refractivity contribution in [2.75, 3.05) is 24.7 Å². The maximum absolute atomic E-state index is 14.2. The molecule has 5 rings (SSSR count). The lowest BCUT2D eigenvalue weighted by molar-refractivity contribution is -0.139. The van der Waals surface area contributed by atoms with Crippen molar-refractivity contribution in [3.8, 4) is 17.2 Å². The first-order chi connectivity index (χ1) is 14.9. The highest BCUT2D eigenvalue weighted by molar-refractivity contribution is 6.05. The molecule has 3 aliphatic rings. The Morgan fingerprint density at radius 3 is 2.68 bits per heavy atom. The van der Waals surface area contributed by atoms with Gasteiger partial charge in [0.05, 0.1) is 11.5 Å². The molecule has 0 saturated carbocycles. The second-order valence-corrected chi connectivity index (χ2v) is 8.02. The molecule has 1 aliphatic carbocycles. The number of carbonyl (C=O) groups excluding carboxylic acids is 3. The molecule has 31 heavy (non-hydrogen) atoms. The highest BCUT2D eigenvalue weighted by Gasteiger charge is 2.38. The molecule has 8 heteroatoms. The average Bonchev–Trinajstić information content (AvgIpc) is 3.29. The Kier molecular flexibility index (Phi) is 4.64. The molecule has 1 saturated heterocycles. The van der Waals surface area contributed by atoms with E-state index in [1.165, 1.54) is 17.0 Å². The van der Waals surface area contributed by atoms with Crippen molar-refractivity contribution in [1.82, 2.24) is 0 Å². The zero-order chi connectivity index (χ0) is 21.7. The zero-order valence-corrected chi connectivity index (χ0v) is 16.9. The summed E-state index contributed by atoms with van der Waals surface area (Å²) in [7, 11) is 0. The maximum Gasteiger partial charge on any atom is 0.316 e. The zero-order valence-electron chi connectivity index (χ0n) is 16.9. The van der Waals surface area contributed by atoms with Crippen LogP contribution in [0.2, 0.25) is 0 Å². The monoisotopic (exact) mass is 425 g/mol. The van der Waals surface area contributed by atoms with Crippen LogP contribution in [0.5, 0.6) is 17.2 Å². The van der Waals surface area contributed by atoms with Crippen LogP contribution < -0.4 is 19.1 Å². The number of ketones is 1. The van der Waals surface area contributed by atoms with Crippen LogP contribution in [0.25, 0.3) is 0 Å². The van der Waals surface area contributed by atoms with Gasteiger partial charge in [-0.25, -0.2) is 4.39 Å². The number of benzene rings is 2. The highest BCUT2D eigenvalue weighted by Crippen LogP contribution is 2.40. The molecule has 2 heterocycles. The number of rotatable bonds is 3. The van der Waals surface area contributed by atoms with Crippen LogP contribution in [-0.2, 0) is 9.59 Å². The van der Waals surface area contributed by atoms with Crippen molar-refractivity contribution in [3.05, 3.63) is 47.3 Å². The molecular formula is C23H20FNO6. The van der Waals surface area contributed by atoms with Crippen molar-refractivity contribution in [2.45, 2.75) is 25.7 Å². The van der Waals surface area contributed by atoms with Gasteiger partial charge in [-0.1, -0.05) is 6.92 Å². The molecule has 0 radical (unpaired) electrons. The first-order valence-corrected chi connectivity index (χ1v) is 10.2. The highest BCUT2D eigenvalue weighted by atomic mass is 19.1. The third kappa shape index (κ3) is 3.32. The topological polar surface area (TPSA) is 82.1 Å². The summed E-state index contributed by atoms with van der Waals surface area (Å²) in [5, 5.41) is 0. The van der Waals surface area contributed by atoms with E-state index in [0.717, 1.165) is 0 Å². The maximum atomic E-state index is 14.2. The smallest absolute Gasteiger partial charge is 0.316 e. The second-order valence-electron chi connectivity index (χ2n) is 8.02. The van der Waals surface area contributed by atoms with Gasteiger partial charge >= 0.3 is 5.97 Å². The summed E-state index contributed by atoms with van der Waals surface area (Å²) >= 11 is 0. The number of hydrogen-bond donors (Lipinski definition) is 0. The van der Waals surface area contributed by atoms with Gasteiger partial charge in [0.2, 0.25) is 5.91 Å². The molecule has 2 atom stereocenters. The molecule has 2 aliphatic heterocycles. The van der Waals surface area contributed by atoms with Crippen molar-refractivity contribution >= 4 is 23.3 Å². The fourth-order valence-electron chi connectivity index (χ4n) is 4.42. The summed E-state index contributed by atoms with van der Waals surface area (Å²) in [5.74, 6) is -1.30. The number of esters is 1. The Labute approximate surface area is 177 Å². The Hall–Kier alpha value is -3.42. The van der Waals surface area contributed by atoms with Gasteiger partial charge in [-0.3, -0.25) is 14.4 Å². The van der Waals surface area contributed by atoms with E-state index >= 15 is 0 Å². The number of Topliss-reactive ketones (excluding diaryl/α,β-unsaturated/α-hetero) is 1. The Morgan fingerprint density at radius 1 is 1.10 bits per heavy atom. The molecular weight excluding hydrogens is 405 g/mol. The van der Waals surface area contributed by atoms with Crippen LogP contribution in [0.3, 0.4) is 0 Å². The van der Waals surface area contributed by atoms with E-state index in [9.17, 15) is 18.8 Å². The van der Waals surface area contributed by atoms with Gasteiger partial charge in [0, 0.05) is 36.7 Å². The number of fused-ring (bicyclic) bond motifs is 2. The first-order valence-electron chi connectivity index (χ1n) is 10.2. The fourth-order valence-corrected chi connectivity index (χ4v) is 4.42. The van der Waals surface area contributed by atoms with Crippen LogP contribution in [-0.4, -0.2) is 37.4 Å².